The number of hydrogen-bond acceptors (Lipinski definition) is 0. The first kappa shape index (κ1) is 12.2. The van der Waals surface area contributed by atoms with Gasteiger partial charge in [-0.05, 0) is 74.6 Å². The van der Waals surface area contributed by atoms with Gasteiger partial charge in [-0.2, -0.15) is 0 Å². The molecule has 0 nitrogen and oxygen atoms in total. The highest BCUT2D eigenvalue weighted by Crippen LogP contribution is 2.36. The highest BCUT2D eigenvalue weighted by atomic mass is 14.1. The van der Waals surface area contributed by atoms with Gasteiger partial charge in [-0.15, -0.1) is 0 Å². The summed E-state index contributed by atoms with van der Waals surface area (Å²) in [5.41, 5.74) is 2.44. The van der Waals surface area contributed by atoms with Gasteiger partial charge < -0.3 is 0 Å². The first-order valence-corrected chi connectivity index (χ1v) is 7.28. The maximum absolute atomic E-state index is 3.89. The Bertz CT molecular complexity index is 936. The molecular weight excluding hydrogens is 252 g/mol. The summed E-state index contributed by atoms with van der Waals surface area (Å²) < 4.78 is 0. The van der Waals surface area contributed by atoms with E-state index in [1.54, 1.807) is 0 Å². The summed E-state index contributed by atoms with van der Waals surface area (Å²) in [6.07, 6.45) is 6.16. The minimum absolute atomic E-state index is 1.18. The van der Waals surface area contributed by atoms with E-state index in [0.29, 0.717) is 0 Å². The molecule has 0 atom stereocenters. The molecule has 4 aromatic rings. The maximum Gasteiger partial charge on any atom is -0.00264 e. The summed E-state index contributed by atoms with van der Waals surface area (Å²) in [5.74, 6) is 0. The predicted octanol–water partition coefficient (Wildman–Crippen LogP) is 6.26. The number of allylic oxidation sites excluding steroid dienone is 1. The summed E-state index contributed by atoms with van der Waals surface area (Å²) in [4.78, 5) is 0. The molecule has 0 saturated carbocycles. The highest BCUT2D eigenvalue weighted by Gasteiger charge is 2.09. The van der Waals surface area contributed by atoms with E-state index in [1.165, 1.54) is 43.4 Å². The van der Waals surface area contributed by atoms with Crippen molar-refractivity contribution < 1.29 is 0 Å². The average Bonchev–Trinajstić information content (AvgIpc) is 2.52. The van der Waals surface area contributed by atoms with Crippen LogP contribution in [0.5, 0.6) is 0 Å². The van der Waals surface area contributed by atoms with Crippen LogP contribution in [-0.2, 0) is 0 Å². The third-order valence-corrected chi connectivity index (χ3v) is 4.17. The fourth-order valence-electron chi connectivity index (χ4n) is 3.29. The summed E-state index contributed by atoms with van der Waals surface area (Å²) in [6.45, 7) is 5.95. The SMILES string of the molecule is C=Cc1cc2ccc3cc(/C=C/C)cc4ccc(c1)c2c34. The van der Waals surface area contributed by atoms with Crippen molar-refractivity contribution >= 4 is 44.5 Å². The molecule has 0 radical (unpaired) electrons. The van der Waals surface area contributed by atoms with Crippen LogP contribution in [0.2, 0.25) is 0 Å². The van der Waals surface area contributed by atoms with Crippen molar-refractivity contribution in [3.63, 3.8) is 0 Å². The van der Waals surface area contributed by atoms with Crippen LogP contribution in [0.4, 0.5) is 0 Å². The van der Waals surface area contributed by atoms with Crippen molar-refractivity contribution in [3.8, 4) is 0 Å². The standard InChI is InChI=1S/C21H16/c1-3-5-15-12-18-8-6-16-10-14(4-2)11-17-7-9-19(13-15)21(18)20(16)17/h3-13H,2H2,1H3/b5-3+. The second-order valence-electron chi connectivity index (χ2n) is 5.52. The van der Waals surface area contributed by atoms with Gasteiger partial charge in [0.25, 0.3) is 0 Å². The smallest absolute Gasteiger partial charge is 0.00264 e. The summed E-state index contributed by atoms with van der Waals surface area (Å²) in [5, 5.41) is 7.94. The van der Waals surface area contributed by atoms with Gasteiger partial charge in [0.15, 0.2) is 0 Å². The van der Waals surface area contributed by atoms with Crippen LogP contribution in [0.25, 0.3) is 44.5 Å². The molecule has 0 fully saturated rings. The molecule has 0 unspecified atom stereocenters. The lowest BCUT2D eigenvalue weighted by Gasteiger charge is -2.12. The van der Waals surface area contributed by atoms with E-state index in [2.05, 4.69) is 74.2 Å². The second kappa shape index (κ2) is 4.46. The molecule has 0 aromatic heterocycles. The molecule has 0 N–H and O–H groups in total. The van der Waals surface area contributed by atoms with E-state index < -0.39 is 0 Å². The van der Waals surface area contributed by atoms with Gasteiger partial charge in [0.1, 0.15) is 0 Å². The maximum atomic E-state index is 3.89. The van der Waals surface area contributed by atoms with Gasteiger partial charge in [-0.3, -0.25) is 0 Å². The van der Waals surface area contributed by atoms with Crippen LogP contribution in [0.3, 0.4) is 0 Å². The Labute approximate surface area is 124 Å². The van der Waals surface area contributed by atoms with Crippen LogP contribution in [-0.4, -0.2) is 0 Å². The molecule has 0 aliphatic heterocycles. The van der Waals surface area contributed by atoms with Crippen LogP contribution in [0, 0.1) is 0 Å². The zero-order valence-electron chi connectivity index (χ0n) is 12.1. The zero-order chi connectivity index (χ0) is 14.4. The highest BCUT2D eigenvalue weighted by molar-refractivity contribution is 6.23. The van der Waals surface area contributed by atoms with Gasteiger partial charge in [0, 0.05) is 0 Å². The first-order chi connectivity index (χ1) is 10.3. The van der Waals surface area contributed by atoms with Gasteiger partial charge in [0.05, 0.1) is 0 Å². The molecule has 100 valence electrons. The lowest BCUT2D eigenvalue weighted by molar-refractivity contribution is 1.70. The fraction of sp³-hybridized carbons (Fsp3) is 0.0476. The molecule has 0 heteroatoms. The Morgan fingerprint density at radius 2 is 1.14 bits per heavy atom. The molecule has 0 aliphatic carbocycles. The van der Waals surface area contributed by atoms with Crippen molar-refractivity contribution in [2.45, 2.75) is 6.92 Å². The lowest BCUT2D eigenvalue weighted by atomic mass is 9.91. The van der Waals surface area contributed by atoms with Crippen molar-refractivity contribution in [1.29, 1.82) is 0 Å². The molecule has 0 bridgehead atoms. The fourth-order valence-corrected chi connectivity index (χ4v) is 3.29. The first-order valence-electron chi connectivity index (χ1n) is 7.28. The van der Waals surface area contributed by atoms with E-state index in [-0.39, 0.29) is 0 Å². The van der Waals surface area contributed by atoms with Gasteiger partial charge in [0.2, 0.25) is 0 Å². The molecule has 0 saturated heterocycles. The van der Waals surface area contributed by atoms with Gasteiger partial charge in [-0.25, -0.2) is 0 Å². The molecule has 21 heavy (non-hydrogen) atoms. The van der Waals surface area contributed by atoms with Gasteiger partial charge in [-0.1, -0.05) is 49.1 Å². The van der Waals surface area contributed by atoms with E-state index in [4.69, 9.17) is 0 Å². The molecule has 0 aliphatic rings. The summed E-state index contributed by atoms with van der Waals surface area (Å²) >= 11 is 0. The van der Waals surface area contributed by atoms with E-state index in [0.717, 1.165) is 0 Å². The topological polar surface area (TPSA) is 0 Å². The van der Waals surface area contributed by atoms with E-state index in [9.17, 15) is 0 Å². The monoisotopic (exact) mass is 268 g/mol. The Kier molecular flexibility index (Phi) is 2.58. The Balaban J connectivity index is 2.22. The van der Waals surface area contributed by atoms with Crippen LogP contribution in [0.1, 0.15) is 18.1 Å². The summed E-state index contributed by atoms with van der Waals surface area (Å²) in [7, 11) is 0. The normalized spacial score (nSPS) is 12.0. The zero-order valence-corrected chi connectivity index (χ0v) is 12.1. The third-order valence-electron chi connectivity index (χ3n) is 4.17. The summed E-state index contributed by atoms with van der Waals surface area (Å²) in [6, 6.07) is 17.9. The second-order valence-corrected chi connectivity index (χ2v) is 5.52. The predicted molar refractivity (Wildman–Crippen MR) is 94.9 cm³/mol. The van der Waals surface area contributed by atoms with Crippen molar-refractivity contribution in [1.82, 2.24) is 0 Å². The molecular formula is C21H16. The minimum Gasteiger partial charge on any atom is -0.0985 e. The van der Waals surface area contributed by atoms with E-state index >= 15 is 0 Å². The molecule has 0 heterocycles. The molecule has 0 spiro atoms. The minimum atomic E-state index is 1.18. The van der Waals surface area contributed by atoms with Crippen molar-refractivity contribution in [2.75, 3.05) is 0 Å². The number of rotatable bonds is 2. The van der Waals surface area contributed by atoms with Crippen molar-refractivity contribution in [2.24, 2.45) is 0 Å². The van der Waals surface area contributed by atoms with Crippen LogP contribution in [0.15, 0.2) is 61.2 Å². The van der Waals surface area contributed by atoms with Crippen molar-refractivity contribution in [3.05, 3.63) is 72.3 Å². The largest absolute Gasteiger partial charge is 0.0985 e. The van der Waals surface area contributed by atoms with Crippen LogP contribution < -0.4 is 0 Å². The molecule has 0 amide bonds. The lowest BCUT2D eigenvalue weighted by Crippen LogP contribution is -1.86. The van der Waals surface area contributed by atoms with E-state index in [1.807, 2.05) is 6.08 Å². The number of benzene rings is 4. The van der Waals surface area contributed by atoms with Gasteiger partial charge >= 0.3 is 0 Å². The average molecular weight is 268 g/mol. The molecule has 4 rings (SSSR count). The quantitative estimate of drug-likeness (QED) is 0.376. The Morgan fingerprint density at radius 3 is 1.52 bits per heavy atom. The van der Waals surface area contributed by atoms with Crippen LogP contribution >= 0.6 is 0 Å². The Morgan fingerprint density at radius 1 is 0.714 bits per heavy atom. The molecule has 4 aromatic carbocycles. The Hall–Kier alpha value is -2.60. The third kappa shape index (κ3) is 1.76. The number of hydrogen-bond donors (Lipinski definition) is 0.